The highest BCUT2D eigenvalue weighted by molar-refractivity contribution is 5.47. The second kappa shape index (κ2) is 9.77. The number of aryl methyl sites for hydroxylation is 1. The number of piperidine rings is 1. The van der Waals surface area contributed by atoms with Gasteiger partial charge in [-0.25, -0.2) is 0 Å². The van der Waals surface area contributed by atoms with E-state index in [0.717, 1.165) is 17.9 Å². The van der Waals surface area contributed by atoms with Gasteiger partial charge in [0.2, 0.25) is 0 Å². The van der Waals surface area contributed by atoms with Crippen LogP contribution in [0.3, 0.4) is 0 Å². The van der Waals surface area contributed by atoms with Gasteiger partial charge in [0.25, 0.3) is 0 Å². The van der Waals surface area contributed by atoms with Gasteiger partial charge in [0.1, 0.15) is 18.5 Å². The minimum Gasteiger partial charge on any atom is -0.491 e. The average molecular weight is 369 g/mol. The largest absolute Gasteiger partial charge is 0.491 e. The number of likely N-dealkylation sites (N-methyl/N-ethyl adjacent to an activating group) is 1. The summed E-state index contributed by atoms with van der Waals surface area (Å²) in [5.41, 5.74) is 3.69. The first-order valence-electron chi connectivity index (χ1n) is 10.0. The van der Waals surface area contributed by atoms with Crippen molar-refractivity contribution in [2.24, 2.45) is 0 Å². The van der Waals surface area contributed by atoms with Gasteiger partial charge in [0, 0.05) is 31.9 Å². The average Bonchev–Trinajstić information content (AvgIpc) is 2.68. The Morgan fingerprint density at radius 3 is 2.44 bits per heavy atom. The Bertz CT molecular complexity index is 696. The molecule has 1 aliphatic rings. The molecule has 1 N–H and O–H groups in total. The molecule has 0 aliphatic carbocycles. The van der Waals surface area contributed by atoms with Crippen LogP contribution in [0.4, 0.5) is 5.69 Å². The van der Waals surface area contributed by atoms with Gasteiger partial charge in [-0.3, -0.25) is 4.90 Å². The zero-order valence-corrected chi connectivity index (χ0v) is 16.6. The molecule has 0 amide bonds. The van der Waals surface area contributed by atoms with Crippen LogP contribution in [0.1, 0.15) is 30.4 Å². The third kappa shape index (κ3) is 5.98. The minimum atomic E-state index is -0.512. The smallest absolute Gasteiger partial charge is 0.122 e. The summed E-state index contributed by atoms with van der Waals surface area (Å²) in [4.78, 5) is 4.62. The van der Waals surface area contributed by atoms with E-state index in [1.165, 1.54) is 43.6 Å². The Kier molecular flexibility index (Phi) is 7.13. The van der Waals surface area contributed by atoms with Gasteiger partial charge >= 0.3 is 0 Å². The van der Waals surface area contributed by atoms with E-state index in [1.54, 1.807) is 0 Å². The molecule has 1 heterocycles. The van der Waals surface area contributed by atoms with Gasteiger partial charge in [-0.2, -0.15) is 0 Å². The summed E-state index contributed by atoms with van der Waals surface area (Å²) in [5, 5.41) is 10.3. The van der Waals surface area contributed by atoms with Crippen LogP contribution < -0.4 is 9.64 Å². The second-order valence-corrected chi connectivity index (χ2v) is 7.64. The van der Waals surface area contributed by atoms with E-state index in [2.05, 4.69) is 34.1 Å². The predicted molar refractivity (Wildman–Crippen MR) is 112 cm³/mol. The second-order valence-electron chi connectivity index (χ2n) is 7.64. The van der Waals surface area contributed by atoms with Crippen LogP contribution in [0, 0.1) is 6.92 Å². The van der Waals surface area contributed by atoms with Gasteiger partial charge < -0.3 is 14.7 Å². The number of benzene rings is 2. The molecule has 2 aromatic carbocycles. The highest BCUT2D eigenvalue weighted by Crippen LogP contribution is 2.21. The lowest BCUT2D eigenvalue weighted by Crippen LogP contribution is -2.33. The fraction of sp³-hybridized carbons (Fsp3) is 0.478. The van der Waals surface area contributed by atoms with Crippen molar-refractivity contribution in [3.63, 3.8) is 0 Å². The third-order valence-electron chi connectivity index (χ3n) is 5.16. The molecule has 1 saturated heterocycles. The molecule has 1 fully saturated rings. The van der Waals surface area contributed by atoms with Crippen LogP contribution in [-0.2, 0) is 6.54 Å². The number of nitrogens with zero attached hydrogens (tertiary/aromatic N) is 2. The summed E-state index contributed by atoms with van der Waals surface area (Å²) in [6.45, 7) is 6.07. The van der Waals surface area contributed by atoms with Gasteiger partial charge in [-0.1, -0.05) is 30.3 Å². The topological polar surface area (TPSA) is 35.9 Å². The first kappa shape index (κ1) is 19.7. The molecule has 0 bridgehead atoms. The lowest BCUT2D eigenvalue weighted by atomic mass is 10.1. The fourth-order valence-electron chi connectivity index (χ4n) is 3.66. The predicted octanol–water partition coefficient (Wildman–Crippen LogP) is 3.86. The Balaban J connectivity index is 1.44. The van der Waals surface area contributed by atoms with Gasteiger partial charge in [0.15, 0.2) is 0 Å². The highest BCUT2D eigenvalue weighted by Gasteiger charge is 2.12. The number of hydrogen-bond donors (Lipinski definition) is 1. The van der Waals surface area contributed by atoms with Crippen LogP contribution >= 0.6 is 0 Å². The monoisotopic (exact) mass is 368 g/mol. The standard InChI is InChI=1S/C23H32N2O2/c1-19-8-4-5-9-23(19)27-18-22(26)17-24(2)16-20-10-12-21(13-11-20)25-14-6-3-7-15-25/h4-5,8-13,22,26H,3,6-7,14-18H2,1-2H3/t22-/m1/s1. The molecule has 0 spiro atoms. The zero-order valence-electron chi connectivity index (χ0n) is 16.6. The van der Waals surface area contributed by atoms with Crippen LogP contribution in [-0.4, -0.2) is 49.4 Å². The molecule has 0 aromatic heterocycles. The van der Waals surface area contributed by atoms with Crippen molar-refractivity contribution < 1.29 is 9.84 Å². The van der Waals surface area contributed by atoms with Crippen molar-refractivity contribution in [3.8, 4) is 5.75 Å². The lowest BCUT2D eigenvalue weighted by Gasteiger charge is -2.29. The van der Waals surface area contributed by atoms with Gasteiger partial charge in [-0.05, 0) is 62.6 Å². The number of hydrogen-bond acceptors (Lipinski definition) is 4. The number of ether oxygens (including phenoxy) is 1. The van der Waals surface area contributed by atoms with Crippen molar-refractivity contribution in [1.82, 2.24) is 4.90 Å². The van der Waals surface area contributed by atoms with Crippen molar-refractivity contribution in [1.29, 1.82) is 0 Å². The molecule has 1 aliphatic heterocycles. The van der Waals surface area contributed by atoms with E-state index >= 15 is 0 Å². The summed E-state index contributed by atoms with van der Waals surface area (Å²) in [7, 11) is 2.04. The van der Waals surface area contributed by atoms with Gasteiger partial charge in [0.05, 0.1) is 0 Å². The minimum absolute atomic E-state index is 0.309. The molecular weight excluding hydrogens is 336 g/mol. The number of para-hydroxylation sites is 1. The molecule has 1 atom stereocenters. The van der Waals surface area contributed by atoms with Crippen LogP contribution in [0.5, 0.6) is 5.75 Å². The molecule has 146 valence electrons. The molecule has 0 saturated carbocycles. The Morgan fingerprint density at radius 2 is 1.74 bits per heavy atom. The molecule has 0 unspecified atom stereocenters. The first-order valence-corrected chi connectivity index (χ1v) is 10.0. The number of rotatable bonds is 8. The maximum atomic E-state index is 10.3. The van der Waals surface area contributed by atoms with Gasteiger partial charge in [-0.15, -0.1) is 0 Å². The van der Waals surface area contributed by atoms with Crippen LogP contribution in [0.2, 0.25) is 0 Å². The van der Waals surface area contributed by atoms with Crippen molar-refractivity contribution in [2.75, 3.05) is 38.2 Å². The molecule has 2 aromatic rings. The molecule has 4 heteroatoms. The summed E-state index contributed by atoms with van der Waals surface area (Å²) in [5.74, 6) is 0.840. The van der Waals surface area contributed by atoms with E-state index in [-0.39, 0.29) is 0 Å². The first-order chi connectivity index (χ1) is 13.1. The van der Waals surface area contributed by atoms with E-state index in [4.69, 9.17) is 4.74 Å². The quantitative estimate of drug-likeness (QED) is 0.768. The molecular formula is C23H32N2O2. The van der Waals surface area contributed by atoms with Crippen molar-refractivity contribution in [2.45, 2.75) is 38.8 Å². The number of aliphatic hydroxyl groups excluding tert-OH is 1. The molecule has 27 heavy (non-hydrogen) atoms. The van der Waals surface area contributed by atoms with E-state index in [0.29, 0.717) is 13.2 Å². The maximum absolute atomic E-state index is 10.3. The van der Waals surface area contributed by atoms with Crippen LogP contribution in [0.25, 0.3) is 0 Å². The molecule has 4 nitrogen and oxygen atoms in total. The number of aliphatic hydroxyl groups is 1. The highest BCUT2D eigenvalue weighted by atomic mass is 16.5. The zero-order chi connectivity index (χ0) is 19.1. The van der Waals surface area contributed by atoms with Crippen molar-refractivity contribution >= 4 is 5.69 Å². The van der Waals surface area contributed by atoms with E-state index < -0.39 is 6.10 Å². The summed E-state index contributed by atoms with van der Waals surface area (Å²) < 4.78 is 5.75. The Hall–Kier alpha value is -2.04. The third-order valence-corrected chi connectivity index (χ3v) is 5.16. The summed E-state index contributed by atoms with van der Waals surface area (Å²) in [6, 6.07) is 16.8. The lowest BCUT2D eigenvalue weighted by molar-refractivity contribution is 0.0741. The van der Waals surface area contributed by atoms with Crippen molar-refractivity contribution in [3.05, 3.63) is 59.7 Å². The fourth-order valence-corrected chi connectivity index (χ4v) is 3.66. The summed E-state index contributed by atoms with van der Waals surface area (Å²) in [6.07, 6.45) is 3.44. The maximum Gasteiger partial charge on any atom is 0.122 e. The normalized spacial score (nSPS) is 15.8. The molecule has 3 rings (SSSR count). The van der Waals surface area contributed by atoms with Crippen LogP contribution in [0.15, 0.2) is 48.5 Å². The number of anilines is 1. The van der Waals surface area contributed by atoms with E-state index in [1.807, 2.05) is 38.2 Å². The Labute approximate surface area is 163 Å². The SMILES string of the molecule is Cc1ccccc1OC[C@H](O)CN(C)Cc1ccc(N2CCCCC2)cc1. The molecule has 0 radical (unpaired) electrons. The summed E-state index contributed by atoms with van der Waals surface area (Å²) >= 11 is 0. The Morgan fingerprint density at radius 1 is 1.04 bits per heavy atom. The van der Waals surface area contributed by atoms with E-state index in [9.17, 15) is 5.11 Å².